The van der Waals surface area contributed by atoms with E-state index in [1.807, 2.05) is 12.1 Å². The number of rotatable bonds is 2. The molecule has 13 heavy (non-hydrogen) atoms. The van der Waals surface area contributed by atoms with Crippen LogP contribution in [0, 0.1) is 6.07 Å². The van der Waals surface area contributed by atoms with Crippen LogP contribution in [0.2, 0.25) is 0 Å². The van der Waals surface area contributed by atoms with Crippen LogP contribution < -0.4 is 0 Å². The summed E-state index contributed by atoms with van der Waals surface area (Å²) in [4.78, 5) is 0. The maximum absolute atomic E-state index is 8.74. The van der Waals surface area contributed by atoms with Crippen molar-refractivity contribution in [1.82, 2.24) is 0 Å². The molecule has 1 nitrogen and oxygen atoms in total. The van der Waals surface area contributed by atoms with E-state index in [0.717, 1.165) is 12.0 Å². The van der Waals surface area contributed by atoms with Crippen LogP contribution in [-0.2, 0) is 87.9 Å². The van der Waals surface area contributed by atoms with Crippen molar-refractivity contribution in [1.29, 1.82) is 0 Å². The number of hydrogen-bond acceptors (Lipinski definition) is 1. The molecule has 1 aromatic carbocycles. The van der Waals surface area contributed by atoms with E-state index < -0.39 is 0 Å². The van der Waals surface area contributed by atoms with Gasteiger partial charge in [-0.15, -0.1) is 5.56 Å². The first-order chi connectivity index (χ1) is 4.86. The Hall–Kier alpha value is 1.66. The third-order valence-electron chi connectivity index (χ3n) is 1.50. The summed E-state index contributed by atoms with van der Waals surface area (Å²) >= 11 is 0. The Kier molecular flexibility index (Phi) is 18.2. The molecule has 1 rings (SSSR count). The molecule has 0 aliphatic carbocycles. The molecule has 0 heterocycles. The fraction of sp³-hybridized carbons (Fsp3) is 0.333. The Balaban J connectivity index is -0.000000333. The molecule has 0 fully saturated rings. The second-order valence-electron chi connectivity index (χ2n) is 2.26. The molecule has 0 saturated heterocycles. The summed E-state index contributed by atoms with van der Waals surface area (Å²) in [6, 6.07) is 8.72. The van der Waals surface area contributed by atoms with Gasteiger partial charge in [-0.2, -0.15) is 29.8 Å². The Morgan fingerprint density at radius 1 is 1.23 bits per heavy atom. The first-order valence-corrected chi connectivity index (χ1v) is 3.46. The van der Waals surface area contributed by atoms with Gasteiger partial charge in [0.15, 0.2) is 0 Å². The average Bonchev–Trinajstić information content (AvgIpc) is 2.05. The Morgan fingerprint density at radius 2 is 1.77 bits per heavy atom. The molecule has 0 atom stereocenters. The van der Waals surface area contributed by atoms with Gasteiger partial charge in [-0.25, -0.2) is 0 Å². The standard InChI is InChI=1S/C9H11O.2W.Y/c1-2-8-4-3-5-9(6-8)7-10;;;/h4-6,10H,2,7H2,1H3;;;/q-1;;;. The Bertz CT molecular complexity index is 199. The van der Waals surface area contributed by atoms with Crippen LogP contribution >= 0.6 is 0 Å². The van der Waals surface area contributed by atoms with Crippen molar-refractivity contribution in [3.05, 3.63) is 35.4 Å². The maximum Gasteiger partial charge on any atom is 0.0238 e. The van der Waals surface area contributed by atoms with Gasteiger partial charge in [0.25, 0.3) is 0 Å². The van der Waals surface area contributed by atoms with Crippen LogP contribution in [-0.4, -0.2) is 5.11 Å². The quantitative estimate of drug-likeness (QED) is 0.518. The predicted octanol–water partition coefficient (Wildman–Crippen LogP) is 1.53. The van der Waals surface area contributed by atoms with Gasteiger partial charge < -0.3 is 5.11 Å². The molecule has 0 bridgehead atoms. The molecule has 1 aromatic rings. The van der Waals surface area contributed by atoms with Crippen LogP contribution in [0.25, 0.3) is 0 Å². The summed E-state index contributed by atoms with van der Waals surface area (Å²) < 4.78 is 0. The van der Waals surface area contributed by atoms with Crippen LogP contribution in [0.15, 0.2) is 18.2 Å². The van der Waals surface area contributed by atoms with E-state index in [0.29, 0.717) is 0 Å². The van der Waals surface area contributed by atoms with Crippen LogP contribution in [0.4, 0.5) is 0 Å². The first-order valence-electron chi connectivity index (χ1n) is 3.46. The van der Waals surface area contributed by atoms with Gasteiger partial charge >= 0.3 is 0 Å². The fourth-order valence-corrected chi connectivity index (χ4v) is 0.873. The molecular weight excluding hydrogens is 581 g/mol. The smallest absolute Gasteiger partial charge is 0.0238 e. The van der Waals surface area contributed by atoms with E-state index in [1.165, 1.54) is 5.56 Å². The molecule has 0 aromatic heterocycles. The van der Waals surface area contributed by atoms with Gasteiger partial charge in [0.1, 0.15) is 0 Å². The number of hydrogen-bond donors (Lipinski definition) is 1. The van der Waals surface area contributed by atoms with Gasteiger partial charge in [0.05, 0.1) is 0 Å². The molecule has 0 saturated carbocycles. The first kappa shape index (κ1) is 20.1. The summed E-state index contributed by atoms with van der Waals surface area (Å²) in [5, 5.41) is 8.74. The number of benzene rings is 1. The SMILES string of the molecule is CCc1c[c-]cc(CO)c1.[W].[W].[Y]. The minimum absolute atomic E-state index is 0. The molecule has 4 heteroatoms. The second kappa shape index (κ2) is 11.7. The molecule has 0 unspecified atom stereocenters. The summed E-state index contributed by atoms with van der Waals surface area (Å²) in [5.74, 6) is 0. The predicted molar refractivity (Wildman–Crippen MR) is 40.6 cm³/mol. The molecule has 1 radical (unpaired) electrons. The van der Waals surface area contributed by atoms with Crippen molar-refractivity contribution in [2.45, 2.75) is 20.0 Å². The summed E-state index contributed by atoms with van der Waals surface area (Å²) in [7, 11) is 0. The largest absolute Gasteiger partial charge is 0.404 e. The minimum Gasteiger partial charge on any atom is -0.404 e. The Morgan fingerprint density at radius 3 is 2.23 bits per heavy atom. The van der Waals surface area contributed by atoms with E-state index >= 15 is 0 Å². The topological polar surface area (TPSA) is 20.2 Å². The van der Waals surface area contributed by atoms with Crippen LogP contribution in [0.1, 0.15) is 18.1 Å². The third kappa shape index (κ3) is 7.57. The van der Waals surface area contributed by atoms with Crippen molar-refractivity contribution in [2.75, 3.05) is 0 Å². The molecule has 69 valence electrons. The zero-order chi connectivity index (χ0) is 7.40. The molecule has 0 aliphatic rings. The minimum atomic E-state index is 0. The number of aliphatic hydroxyl groups is 1. The van der Waals surface area contributed by atoms with Gasteiger partial charge in [-0.05, 0) is 0 Å². The van der Waals surface area contributed by atoms with Crippen molar-refractivity contribution < 1.29 is 79.9 Å². The number of aliphatic hydroxyl groups excluding tert-OH is 1. The molecule has 0 spiro atoms. The van der Waals surface area contributed by atoms with Crippen molar-refractivity contribution in [2.24, 2.45) is 0 Å². The summed E-state index contributed by atoms with van der Waals surface area (Å²) in [6.07, 6.45) is 1.00. The van der Waals surface area contributed by atoms with Crippen molar-refractivity contribution in [3.8, 4) is 0 Å². The molecule has 0 aliphatic heterocycles. The Labute approximate surface area is 133 Å². The van der Waals surface area contributed by atoms with Crippen LogP contribution in [0.3, 0.4) is 0 Å². The monoisotopic (exact) mass is 592 g/mol. The van der Waals surface area contributed by atoms with E-state index in [1.54, 1.807) is 6.07 Å². The second-order valence-corrected chi connectivity index (χ2v) is 2.26. The normalized spacial score (nSPS) is 7.54. The van der Waals surface area contributed by atoms with E-state index in [-0.39, 0.29) is 81.4 Å². The molecule has 0 amide bonds. The van der Waals surface area contributed by atoms with Gasteiger partial charge in [-0.3, -0.25) is 0 Å². The molecule has 1 N–H and O–H groups in total. The van der Waals surface area contributed by atoms with E-state index in [9.17, 15) is 0 Å². The van der Waals surface area contributed by atoms with Gasteiger partial charge in [0.2, 0.25) is 0 Å². The van der Waals surface area contributed by atoms with Crippen LogP contribution in [0.5, 0.6) is 0 Å². The van der Waals surface area contributed by atoms with Crippen molar-refractivity contribution in [3.63, 3.8) is 0 Å². The zero-order valence-corrected chi connectivity index (χ0v) is 16.2. The van der Waals surface area contributed by atoms with Gasteiger partial charge in [0, 0.05) is 81.4 Å². The van der Waals surface area contributed by atoms with E-state index in [4.69, 9.17) is 5.11 Å². The summed E-state index contributed by atoms with van der Waals surface area (Å²) in [6.45, 7) is 2.20. The van der Waals surface area contributed by atoms with E-state index in [2.05, 4.69) is 13.0 Å². The fourth-order valence-electron chi connectivity index (χ4n) is 0.873. The van der Waals surface area contributed by atoms with Crippen molar-refractivity contribution >= 4 is 0 Å². The zero-order valence-electron chi connectivity index (χ0n) is 7.49. The average molecular weight is 592 g/mol. The molecular formula is C9H11OW2Y-. The van der Waals surface area contributed by atoms with Gasteiger partial charge in [-0.1, -0.05) is 13.3 Å². The third-order valence-corrected chi connectivity index (χ3v) is 1.50. The number of aryl methyl sites for hydroxylation is 1. The summed E-state index contributed by atoms with van der Waals surface area (Å²) in [5.41, 5.74) is 2.17. The maximum atomic E-state index is 8.74.